The quantitative estimate of drug-likeness (QED) is 0.739. The summed E-state index contributed by atoms with van der Waals surface area (Å²) in [6.45, 7) is 9.28. The lowest BCUT2D eigenvalue weighted by Crippen LogP contribution is -2.28. The van der Waals surface area contributed by atoms with Gasteiger partial charge in [-0.25, -0.2) is 0 Å². The van der Waals surface area contributed by atoms with Gasteiger partial charge in [0.2, 0.25) is 0 Å². The Hall–Kier alpha value is -0.930. The van der Waals surface area contributed by atoms with Gasteiger partial charge in [0.15, 0.2) is 5.78 Å². The Balaban J connectivity index is 2.50. The summed E-state index contributed by atoms with van der Waals surface area (Å²) >= 11 is 0. The van der Waals surface area contributed by atoms with Gasteiger partial charge >= 0.3 is 0 Å². The summed E-state index contributed by atoms with van der Waals surface area (Å²) in [5.41, 5.74) is 0.879. The summed E-state index contributed by atoms with van der Waals surface area (Å²) in [6, 6.07) is 0. The van der Waals surface area contributed by atoms with Crippen molar-refractivity contribution in [3.8, 4) is 0 Å². The maximum atomic E-state index is 11.6. The lowest BCUT2D eigenvalue weighted by Gasteiger charge is -2.27. The normalized spacial score (nSPS) is 24.9. The van der Waals surface area contributed by atoms with Crippen LogP contribution in [0.5, 0.6) is 0 Å². The van der Waals surface area contributed by atoms with Crippen molar-refractivity contribution in [3.05, 3.63) is 23.8 Å². The van der Waals surface area contributed by atoms with E-state index in [0.29, 0.717) is 18.4 Å². The van der Waals surface area contributed by atoms with Crippen LogP contribution in [0.25, 0.3) is 0 Å². The van der Waals surface area contributed by atoms with Gasteiger partial charge in [0, 0.05) is 12.3 Å². The second-order valence-electron chi connectivity index (χ2n) is 5.90. The van der Waals surface area contributed by atoms with Crippen molar-refractivity contribution in [1.29, 1.82) is 0 Å². The van der Waals surface area contributed by atoms with Gasteiger partial charge in [-0.05, 0) is 51.7 Å². The maximum absolute atomic E-state index is 11.6. The van der Waals surface area contributed by atoms with Crippen LogP contribution in [0.15, 0.2) is 23.8 Å². The number of ketones is 1. The number of rotatable bonds is 5. The van der Waals surface area contributed by atoms with Crippen molar-refractivity contribution in [2.24, 2.45) is 5.92 Å². The van der Waals surface area contributed by atoms with E-state index in [4.69, 9.17) is 0 Å². The van der Waals surface area contributed by atoms with Crippen molar-refractivity contribution in [2.75, 3.05) is 0 Å². The van der Waals surface area contributed by atoms with E-state index < -0.39 is 11.7 Å². The smallest absolute Gasteiger partial charge is 0.159 e. The predicted molar refractivity (Wildman–Crippen MR) is 72.2 cm³/mol. The fourth-order valence-electron chi connectivity index (χ4n) is 2.27. The molecule has 2 atom stereocenters. The van der Waals surface area contributed by atoms with Crippen molar-refractivity contribution < 1.29 is 15.0 Å². The molecule has 0 amide bonds. The van der Waals surface area contributed by atoms with Gasteiger partial charge in [-0.3, -0.25) is 4.79 Å². The highest BCUT2D eigenvalue weighted by atomic mass is 16.3. The summed E-state index contributed by atoms with van der Waals surface area (Å²) in [7, 11) is 0. The third kappa shape index (κ3) is 4.39. The minimum absolute atomic E-state index is 0.0916. The Morgan fingerprint density at radius 3 is 2.72 bits per heavy atom. The number of aliphatic hydroxyl groups is 2. The maximum Gasteiger partial charge on any atom is 0.159 e. The van der Waals surface area contributed by atoms with Crippen LogP contribution in [0.1, 0.15) is 46.5 Å². The molecule has 0 radical (unpaired) electrons. The van der Waals surface area contributed by atoms with Crippen LogP contribution >= 0.6 is 0 Å². The molecule has 2 N–H and O–H groups in total. The summed E-state index contributed by atoms with van der Waals surface area (Å²) in [5.74, 6) is -0.0723. The van der Waals surface area contributed by atoms with E-state index in [1.807, 2.05) is 0 Å². The third-order valence-electron chi connectivity index (χ3n) is 3.49. The fourth-order valence-corrected chi connectivity index (χ4v) is 2.27. The van der Waals surface area contributed by atoms with E-state index in [2.05, 4.69) is 6.58 Å². The van der Waals surface area contributed by atoms with Crippen molar-refractivity contribution in [2.45, 2.75) is 58.2 Å². The average molecular weight is 252 g/mol. The first-order valence-electron chi connectivity index (χ1n) is 6.50. The van der Waals surface area contributed by atoms with Crippen LogP contribution < -0.4 is 0 Å². The molecule has 3 nitrogen and oxygen atoms in total. The van der Waals surface area contributed by atoms with E-state index >= 15 is 0 Å². The topological polar surface area (TPSA) is 57.5 Å². The molecule has 1 rings (SSSR count). The third-order valence-corrected chi connectivity index (χ3v) is 3.49. The predicted octanol–water partition coefficient (Wildman–Crippen LogP) is 2.38. The molecule has 1 aliphatic rings. The lowest BCUT2D eigenvalue weighted by molar-refractivity contribution is -0.117. The highest BCUT2D eigenvalue weighted by molar-refractivity contribution is 5.96. The summed E-state index contributed by atoms with van der Waals surface area (Å²) in [4.78, 5) is 11.6. The molecule has 0 saturated heterocycles. The van der Waals surface area contributed by atoms with E-state index in [-0.39, 0.29) is 11.7 Å². The molecular formula is C15H24O3. The molecule has 0 spiro atoms. The van der Waals surface area contributed by atoms with Crippen LogP contribution in [0, 0.1) is 5.92 Å². The molecule has 0 saturated carbocycles. The minimum Gasteiger partial charge on any atom is -0.390 e. The van der Waals surface area contributed by atoms with Crippen LogP contribution in [-0.2, 0) is 4.79 Å². The van der Waals surface area contributed by atoms with E-state index in [1.54, 1.807) is 26.8 Å². The van der Waals surface area contributed by atoms with Crippen LogP contribution in [0.4, 0.5) is 0 Å². The fraction of sp³-hybridized carbons (Fsp3) is 0.667. The number of carbonyl (C=O) groups excluding carboxylic acids is 1. The van der Waals surface area contributed by atoms with Gasteiger partial charge in [0.05, 0.1) is 11.7 Å². The van der Waals surface area contributed by atoms with Crippen molar-refractivity contribution in [1.82, 2.24) is 0 Å². The highest BCUT2D eigenvalue weighted by Gasteiger charge is 2.28. The summed E-state index contributed by atoms with van der Waals surface area (Å²) < 4.78 is 0. The average Bonchev–Trinajstić information content (AvgIpc) is 2.21. The van der Waals surface area contributed by atoms with Gasteiger partial charge in [-0.15, -0.1) is 0 Å². The van der Waals surface area contributed by atoms with Crippen LogP contribution in [-0.4, -0.2) is 27.7 Å². The Kier molecular flexibility index (Phi) is 4.88. The molecule has 0 unspecified atom stereocenters. The minimum atomic E-state index is -0.669. The largest absolute Gasteiger partial charge is 0.390 e. The monoisotopic (exact) mass is 252 g/mol. The molecule has 0 aromatic rings. The standard InChI is InChI=1S/C15H24O3/c1-10(6-5-7-15(3,4)18)12-9-13(16)11(2)8-14(12)17/h8,12,14,17-18H,1,5-7,9H2,2-4H3/t12-,14+/m1/s1. The second-order valence-corrected chi connectivity index (χ2v) is 5.90. The number of hydrogen-bond acceptors (Lipinski definition) is 3. The van der Waals surface area contributed by atoms with Crippen molar-refractivity contribution >= 4 is 5.78 Å². The molecule has 0 aromatic carbocycles. The van der Waals surface area contributed by atoms with Crippen LogP contribution in [0.3, 0.4) is 0 Å². The number of allylic oxidation sites excluding steroid dienone is 1. The molecular weight excluding hydrogens is 228 g/mol. The zero-order valence-electron chi connectivity index (χ0n) is 11.6. The molecule has 0 aliphatic heterocycles. The molecule has 0 bridgehead atoms. The van der Waals surface area contributed by atoms with E-state index in [1.165, 1.54) is 0 Å². The van der Waals surface area contributed by atoms with Gasteiger partial charge < -0.3 is 10.2 Å². The van der Waals surface area contributed by atoms with Gasteiger partial charge in [0.1, 0.15) is 0 Å². The number of hydrogen-bond donors (Lipinski definition) is 2. The highest BCUT2D eigenvalue weighted by Crippen LogP contribution is 2.29. The van der Waals surface area contributed by atoms with Crippen LogP contribution in [0.2, 0.25) is 0 Å². The molecule has 0 heterocycles. The lowest BCUT2D eigenvalue weighted by atomic mass is 9.80. The van der Waals surface area contributed by atoms with Gasteiger partial charge in [0.25, 0.3) is 0 Å². The molecule has 102 valence electrons. The molecule has 18 heavy (non-hydrogen) atoms. The first kappa shape index (κ1) is 15.1. The number of aliphatic hydroxyl groups excluding tert-OH is 1. The van der Waals surface area contributed by atoms with E-state index in [9.17, 15) is 15.0 Å². The van der Waals surface area contributed by atoms with Crippen molar-refractivity contribution in [3.63, 3.8) is 0 Å². The zero-order chi connectivity index (χ0) is 13.9. The Bertz CT molecular complexity index is 360. The molecule has 0 fully saturated rings. The zero-order valence-corrected chi connectivity index (χ0v) is 11.6. The summed E-state index contributed by atoms with van der Waals surface area (Å²) in [5, 5.41) is 19.6. The molecule has 0 aromatic heterocycles. The molecule has 1 aliphatic carbocycles. The number of Topliss-reactive ketones (excluding diaryl/α,β-unsaturated/α-hetero) is 1. The SMILES string of the molecule is C=C(CCCC(C)(C)O)[C@H]1CC(=O)C(C)=C[C@@H]1O. The Labute approximate surface area is 109 Å². The number of carbonyl (C=O) groups is 1. The second kappa shape index (κ2) is 5.81. The first-order chi connectivity index (χ1) is 8.20. The Morgan fingerprint density at radius 1 is 1.56 bits per heavy atom. The Morgan fingerprint density at radius 2 is 2.17 bits per heavy atom. The molecule has 3 heteroatoms. The van der Waals surface area contributed by atoms with Gasteiger partial charge in [-0.1, -0.05) is 12.2 Å². The summed E-state index contributed by atoms with van der Waals surface area (Å²) in [6.07, 6.45) is 3.63. The van der Waals surface area contributed by atoms with E-state index in [0.717, 1.165) is 18.4 Å². The first-order valence-corrected chi connectivity index (χ1v) is 6.50. The van der Waals surface area contributed by atoms with Gasteiger partial charge in [-0.2, -0.15) is 0 Å².